The van der Waals surface area contributed by atoms with Crippen LogP contribution in [0, 0.1) is 0 Å². The number of thioether (sulfide) groups is 1. The number of carbonyl (C=O) groups excluding carboxylic acids is 1. The highest BCUT2D eigenvalue weighted by molar-refractivity contribution is 8.19. The summed E-state index contributed by atoms with van der Waals surface area (Å²) in [4.78, 5) is 14.7. The van der Waals surface area contributed by atoms with Crippen molar-refractivity contribution in [2.24, 2.45) is 4.40 Å². The summed E-state index contributed by atoms with van der Waals surface area (Å²) in [5, 5.41) is 0.534. The molecule has 0 unspecified atom stereocenters. The number of amides is 1. The topological polar surface area (TPSA) is 85.3 Å². The van der Waals surface area contributed by atoms with Gasteiger partial charge >= 0.3 is 0 Å². The zero-order valence-corrected chi connectivity index (χ0v) is 23.8. The third kappa shape index (κ3) is 7.99. The maximum Gasteiger partial charge on any atom is 0.284 e. The number of hydrogen-bond donors (Lipinski definition) is 0. The Labute approximate surface area is 228 Å². The molecule has 0 radical (unpaired) electrons. The Morgan fingerprint density at radius 3 is 2.38 bits per heavy atom. The quantitative estimate of drug-likeness (QED) is 0.197. The molecule has 0 bridgehead atoms. The maximum absolute atomic E-state index is 13.0. The Bertz CT molecular complexity index is 1240. The van der Waals surface area contributed by atoms with Gasteiger partial charge in [-0.3, -0.25) is 9.69 Å². The lowest BCUT2D eigenvalue weighted by atomic mass is 10.1. The number of benzene rings is 2. The van der Waals surface area contributed by atoms with Crippen LogP contribution in [-0.2, 0) is 14.8 Å². The number of carbonyl (C=O) groups is 1. The van der Waals surface area contributed by atoms with Gasteiger partial charge in [-0.05, 0) is 73.1 Å². The molecular weight excluding hydrogens is 532 g/mol. The molecule has 2 aromatic rings. The van der Waals surface area contributed by atoms with Gasteiger partial charge in [0.2, 0.25) is 0 Å². The first-order chi connectivity index (χ1) is 17.8. The second-order valence-electron chi connectivity index (χ2n) is 8.49. The molecule has 1 amide bonds. The Kier molecular flexibility index (Phi) is 10.9. The van der Waals surface area contributed by atoms with Gasteiger partial charge in [0.15, 0.2) is 16.7 Å². The number of sulfonamides is 1. The van der Waals surface area contributed by atoms with Crippen LogP contribution in [0.3, 0.4) is 0 Å². The molecule has 37 heavy (non-hydrogen) atoms. The van der Waals surface area contributed by atoms with Gasteiger partial charge < -0.3 is 9.47 Å². The van der Waals surface area contributed by atoms with Crippen molar-refractivity contribution in [2.75, 3.05) is 20.3 Å². The van der Waals surface area contributed by atoms with Crippen LogP contribution >= 0.6 is 23.4 Å². The fraction of sp³-hybridized carbons (Fsp3) is 0.407. The molecule has 0 aliphatic carbocycles. The lowest BCUT2D eigenvalue weighted by Crippen LogP contribution is -2.29. The van der Waals surface area contributed by atoms with Gasteiger partial charge in [0.25, 0.3) is 15.9 Å². The number of unbranched alkanes of at least 4 members (excludes halogenated alkanes) is 5. The number of amidine groups is 1. The molecule has 0 saturated carbocycles. The zero-order chi connectivity index (χ0) is 26.8. The molecule has 3 rings (SSSR count). The van der Waals surface area contributed by atoms with Crippen LogP contribution in [0.2, 0.25) is 5.02 Å². The average molecular weight is 565 g/mol. The first-order valence-electron chi connectivity index (χ1n) is 12.4. The smallest absolute Gasteiger partial charge is 0.284 e. The molecule has 1 saturated heterocycles. The summed E-state index contributed by atoms with van der Waals surface area (Å²) < 4.78 is 41.0. The molecule has 0 spiro atoms. The molecule has 0 aromatic heterocycles. The van der Waals surface area contributed by atoms with Crippen molar-refractivity contribution >= 4 is 50.5 Å². The standard InChI is InChI=1S/C27H33ClN2O5S2/c1-4-6-7-8-9-10-17-35-23-16-11-20(18-24(23)34-3)19-25-26(31)30(5-2)27(36-25)29-37(32,33)22-14-12-21(28)13-15-22/h11-16,18-19H,4-10,17H2,1-3H3/b25-19-,29-27?. The minimum absolute atomic E-state index is 0.00668. The molecule has 1 heterocycles. The van der Waals surface area contributed by atoms with Crippen LogP contribution in [0.5, 0.6) is 11.5 Å². The van der Waals surface area contributed by atoms with Gasteiger partial charge in [0, 0.05) is 11.6 Å². The third-order valence-corrected chi connectivity index (χ3v) is 8.41. The molecule has 0 atom stereocenters. The summed E-state index contributed by atoms with van der Waals surface area (Å²) in [5.41, 5.74) is 0.734. The molecule has 2 aromatic carbocycles. The van der Waals surface area contributed by atoms with E-state index in [1.54, 1.807) is 26.2 Å². The van der Waals surface area contributed by atoms with Gasteiger partial charge in [0.1, 0.15) is 0 Å². The van der Waals surface area contributed by atoms with E-state index in [-0.39, 0.29) is 22.5 Å². The molecule has 0 N–H and O–H groups in total. The van der Waals surface area contributed by atoms with Gasteiger partial charge in [-0.1, -0.05) is 56.7 Å². The van der Waals surface area contributed by atoms with Crippen LogP contribution < -0.4 is 9.47 Å². The fourth-order valence-electron chi connectivity index (χ4n) is 3.73. The van der Waals surface area contributed by atoms with E-state index in [0.29, 0.717) is 28.0 Å². The van der Waals surface area contributed by atoms with Gasteiger partial charge in [0.05, 0.1) is 23.5 Å². The predicted molar refractivity (Wildman–Crippen MR) is 151 cm³/mol. The highest BCUT2D eigenvalue weighted by atomic mass is 35.5. The number of methoxy groups -OCH3 is 1. The molecule has 1 fully saturated rings. The first kappa shape index (κ1) is 29.1. The zero-order valence-electron chi connectivity index (χ0n) is 21.4. The molecule has 1 aliphatic heterocycles. The van der Waals surface area contributed by atoms with Crippen molar-refractivity contribution in [1.29, 1.82) is 0 Å². The highest BCUT2D eigenvalue weighted by Gasteiger charge is 2.34. The predicted octanol–water partition coefficient (Wildman–Crippen LogP) is 6.77. The molecule has 200 valence electrons. The number of rotatable bonds is 13. The Hall–Kier alpha value is -2.49. The summed E-state index contributed by atoms with van der Waals surface area (Å²) in [5.74, 6) is 0.914. The Morgan fingerprint density at radius 1 is 1.00 bits per heavy atom. The van der Waals surface area contributed by atoms with Crippen LogP contribution in [0.4, 0.5) is 0 Å². The fourth-order valence-corrected chi connectivity index (χ4v) is 6.10. The highest BCUT2D eigenvalue weighted by Crippen LogP contribution is 2.35. The van der Waals surface area contributed by atoms with E-state index in [2.05, 4.69) is 11.3 Å². The van der Waals surface area contributed by atoms with Crippen molar-refractivity contribution in [2.45, 2.75) is 57.3 Å². The van der Waals surface area contributed by atoms with Gasteiger partial charge in [-0.2, -0.15) is 8.42 Å². The number of nitrogens with zero attached hydrogens (tertiary/aromatic N) is 2. The minimum atomic E-state index is -4.01. The number of ether oxygens (including phenoxy) is 2. The molecule has 10 heteroatoms. The summed E-state index contributed by atoms with van der Waals surface area (Å²) in [7, 11) is -2.43. The molecule has 7 nitrogen and oxygen atoms in total. The van der Waals surface area contributed by atoms with E-state index < -0.39 is 10.0 Å². The van der Waals surface area contributed by atoms with Crippen LogP contribution in [0.1, 0.15) is 57.9 Å². The van der Waals surface area contributed by atoms with Crippen LogP contribution in [0.25, 0.3) is 6.08 Å². The van der Waals surface area contributed by atoms with E-state index in [4.69, 9.17) is 21.1 Å². The SMILES string of the molecule is CCCCCCCCOc1ccc(/C=C2\SC(=NS(=O)(=O)c3ccc(Cl)cc3)N(CC)C2=O)cc1OC. The largest absolute Gasteiger partial charge is 0.493 e. The summed E-state index contributed by atoms with van der Waals surface area (Å²) in [6.07, 6.45) is 8.80. The van der Waals surface area contributed by atoms with Crippen molar-refractivity contribution < 1.29 is 22.7 Å². The first-order valence-corrected chi connectivity index (χ1v) is 15.0. The summed E-state index contributed by atoms with van der Waals surface area (Å²) >= 11 is 6.89. The second kappa shape index (κ2) is 13.9. The minimum Gasteiger partial charge on any atom is -0.493 e. The van der Waals surface area contributed by atoms with Crippen molar-refractivity contribution in [3.8, 4) is 11.5 Å². The number of likely N-dealkylation sites (N-methyl/N-ethyl adjacent to an activating group) is 1. The van der Waals surface area contributed by atoms with Crippen molar-refractivity contribution in [3.05, 3.63) is 58.0 Å². The van der Waals surface area contributed by atoms with Crippen molar-refractivity contribution in [3.63, 3.8) is 0 Å². The summed E-state index contributed by atoms with van der Waals surface area (Å²) in [6, 6.07) is 11.2. The third-order valence-electron chi connectivity index (χ3n) is 5.75. The van der Waals surface area contributed by atoms with E-state index in [9.17, 15) is 13.2 Å². The van der Waals surface area contributed by atoms with Gasteiger partial charge in [-0.15, -0.1) is 4.40 Å². The lowest BCUT2D eigenvalue weighted by Gasteiger charge is -2.12. The maximum atomic E-state index is 13.0. The number of halogens is 1. The van der Waals surface area contributed by atoms with Crippen LogP contribution in [-0.4, -0.2) is 44.7 Å². The lowest BCUT2D eigenvalue weighted by molar-refractivity contribution is -0.122. The van der Waals surface area contributed by atoms with Gasteiger partial charge in [-0.25, -0.2) is 0 Å². The Balaban J connectivity index is 1.73. The second-order valence-corrected chi connectivity index (χ2v) is 11.5. The summed E-state index contributed by atoms with van der Waals surface area (Å²) in [6.45, 7) is 4.87. The molecular formula is C27H33ClN2O5S2. The Morgan fingerprint density at radius 2 is 1.70 bits per heavy atom. The van der Waals surface area contributed by atoms with E-state index in [1.807, 2.05) is 12.1 Å². The monoisotopic (exact) mass is 564 g/mol. The van der Waals surface area contributed by atoms with Crippen molar-refractivity contribution in [1.82, 2.24) is 4.90 Å². The van der Waals surface area contributed by atoms with Crippen LogP contribution in [0.15, 0.2) is 56.7 Å². The van der Waals surface area contributed by atoms with E-state index >= 15 is 0 Å². The normalized spacial score (nSPS) is 16.1. The van der Waals surface area contributed by atoms with E-state index in [0.717, 1.165) is 30.2 Å². The average Bonchev–Trinajstić information content (AvgIpc) is 3.16. The molecule has 1 aliphatic rings. The van der Waals surface area contributed by atoms with E-state index in [1.165, 1.54) is 54.8 Å². The number of hydrogen-bond acceptors (Lipinski definition) is 6.